The number of hydrogen-bond donors (Lipinski definition) is 1. The van der Waals surface area contributed by atoms with Crippen molar-refractivity contribution in [1.82, 2.24) is 5.32 Å². The third-order valence-corrected chi connectivity index (χ3v) is 2.99. The summed E-state index contributed by atoms with van der Waals surface area (Å²) >= 11 is 0. The second-order valence-electron chi connectivity index (χ2n) is 4.71. The van der Waals surface area contributed by atoms with Crippen LogP contribution >= 0.6 is 0 Å². The van der Waals surface area contributed by atoms with Gasteiger partial charge in [-0.3, -0.25) is 0 Å². The lowest BCUT2D eigenvalue weighted by Crippen LogP contribution is -2.29. The first-order valence-corrected chi connectivity index (χ1v) is 6.85. The van der Waals surface area contributed by atoms with Crippen LogP contribution in [-0.4, -0.2) is 19.3 Å². The summed E-state index contributed by atoms with van der Waals surface area (Å²) in [7, 11) is 0. The molecule has 20 heavy (non-hydrogen) atoms. The Balaban J connectivity index is 1.90. The molecule has 108 valence electrons. The zero-order chi connectivity index (χ0) is 14.4. The van der Waals surface area contributed by atoms with Crippen molar-refractivity contribution < 1.29 is 13.5 Å². The molecule has 1 aromatic heterocycles. The normalized spacial score (nSPS) is 12.6. The smallest absolute Gasteiger partial charge is 0.134 e. The van der Waals surface area contributed by atoms with Crippen LogP contribution in [0.15, 0.2) is 40.8 Å². The fraction of sp³-hybridized carbons (Fsp3) is 0.375. The summed E-state index contributed by atoms with van der Waals surface area (Å²) in [5.41, 5.74) is 0.875. The maximum Gasteiger partial charge on any atom is 0.134 e. The highest BCUT2D eigenvalue weighted by atomic mass is 19.1. The molecule has 0 aliphatic rings. The number of benzene rings is 1. The Morgan fingerprint density at radius 3 is 2.65 bits per heavy atom. The monoisotopic (exact) mass is 277 g/mol. The lowest BCUT2D eigenvalue weighted by molar-refractivity contribution is 0.126. The van der Waals surface area contributed by atoms with Gasteiger partial charge in [0, 0.05) is 18.2 Å². The molecule has 0 aliphatic heterocycles. The molecule has 1 N–H and O–H groups in total. The Kier molecular flexibility index (Phi) is 5.32. The van der Waals surface area contributed by atoms with Crippen molar-refractivity contribution >= 4 is 0 Å². The van der Waals surface area contributed by atoms with Gasteiger partial charge in [-0.1, -0.05) is 0 Å². The fourth-order valence-electron chi connectivity index (χ4n) is 1.87. The first-order valence-electron chi connectivity index (χ1n) is 6.85. The van der Waals surface area contributed by atoms with Gasteiger partial charge in [-0.15, -0.1) is 0 Å². The molecule has 1 aromatic carbocycles. The Morgan fingerprint density at radius 2 is 1.95 bits per heavy atom. The molecule has 1 unspecified atom stereocenters. The van der Waals surface area contributed by atoms with Crippen LogP contribution in [0.5, 0.6) is 0 Å². The van der Waals surface area contributed by atoms with Crippen molar-refractivity contribution in [2.24, 2.45) is 0 Å². The molecular weight excluding hydrogens is 257 g/mol. The fourth-order valence-corrected chi connectivity index (χ4v) is 1.87. The van der Waals surface area contributed by atoms with Gasteiger partial charge in [0.2, 0.25) is 0 Å². The molecule has 2 aromatic rings. The van der Waals surface area contributed by atoms with Gasteiger partial charge in [0.15, 0.2) is 0 Å². The van der Waals surface area contributed by atoms with E-state index in [1.165, 1.54) is 12.1 Å². The number of ether oxygens (including phenoxy) is 1. The molecule has 0 fully saturated rings. The van der Waals surface area contributed by atoms with Crippen LogP contribution in [-0.2, 0) is 11.3 Å². The van der Waals surface area contributed by atoms with E-state index in [9.17, 15) is 4.39 Å². The lowest BCUT2D eigenvalue weighted by Gasteiger charge is -2.12. The minimum Gasteiger partial charge on any atom is -0.460 e. The molecule has 4 heteroatoms. The predicted molar refractivity (Wildman–Crippen MR) is 76.9 cm³/mol. The van der Waals surface area contributed by atoms with Gasteiger partial charge in [0.1, 0.15) is 17.3 Å². The van der Waals surface area contributed by atoms with Gasteiger partial charge in [0.25, 0.3) is 0 Å². The number of halogens is 1. The summed E-state index contributed by atoms with van der Waals surface area (Å²) in [6.07, 6.45) is 0. The highest BCUT2D eigenvalue weighted by Crippen LogP contribution is 2.22. The molecule has 1 heterocycles. The van der Waals surface area contributed by atoms with E-state index in [2.05, 4.69) is 12.2 Å². The zero-order valence-electron chi connectivity index (χ0n) is 11.9. The number of hydrogen-bond acceptors (Lipinski definition) is 3. The molecule has 0 amide bonds. The topological polar surface area (TPSA) is 34.4 Å². The highest BCUT2D eigenvalue weighted by Gasteiger charge is 2.07. The molecule has 3 nitrogen and oxygen atoms in total. The maximum atomic E-state index is 12.9. The van der Waals surface area contributed by atoms with Gasteiger partial charge in [-0.25, -0.2) is 4.39 Å². The molecule has 0 bridgehead atoms. The Labute approximate surface area is 118 Å². The standard InChI is InChI=1S/C16H20FNO2/c1-3-19-11-12(2)18-10-15-8-9-16(20-15)13-4-6-14(17)7-5-13/h4-9,12,18H,3,10-11H2,1-2H3. The van der Waals surface area contributed by atoms with Crippen LogP contribution in [0.4, 0.5) is 4.39 Å². The Hall–Kier alpha value is -1.65. The van der Waals surface area contributed by atoms with Crippen molar-refractivity contribution in [3.63, 3.8) is 0 Å². The van der Waals surface area contributed by atoms with E-state index < -0.39 is 0 Å². The second kappa shape index (κ2) is 7.22. The SMILES string of the molecule is CCOCC(C)NCc1ccc(-c2ccc(F)cc2)o1. The third-order valence-electron chi connectivity index (χ3n) is 2.99. The first-order chi connectivity index (χ1) is 9.69. The summed E-state index contributed by atoms with van der Waals surface area (Å²) in [4.78, 5) is 0. The molecule has 0 saturated heterocycles. The summed E-state index contributed by atoms with van der Waals surface area (Å²) < 4.78 is 23.9. The van der Waals surface area contributed by atoms with Crippen LogP contribution in [0.1, 0.15) is 19.6 Å². The summed E-state index contributed by atoms with van der Waals surface area (Å²) in [6, 6.07) is 10.4. The minimum atomic E-state index is -0.244. The van der Waals surface area contributed by atoms with Crippen molar-refractivity contribution in [2.45, 2.75) is 26.4 Å². The van der Waals surface area contributed by atoms with Crippen molar-refractivity contribution in [1.29, 1.82) is 0 Å². The third kappa shape index (κ3) is 4.18. The minimum absolute atomic E-state index is 0.244. The van der Waals surface area contributed by atoms with Crippen LogP contribution in [0, 0.1) is 5.82 Å². The highest BCUT2D eigenvalue weighted by molar-refractivity contribution is 5.57. The van der Waals surface area contributed by atoms with Gasteiger partial charge >= 0.3 is 0 Å². The van der Waals surface area contributed by atoms with Gasteiger partial charge < -0.3 is 14.5 Å². The average molecular weight is 277 g/mol. The van der Waals surface area contributed by atoms with E-state index in [1.54, 1.807) is 12.1 Å². The van der Waals surface area contributed by atoms with Gasteiger partial charge in [0.05, 0.1) is 13.2 Å². The van der Waals surface area contributed by atoms with Gasteiger partial charge in [-0.05, 0) is 50.2 Å². The number of nitrogens with one attached hydrogen (secondary N) is 1. The van der Waals surface area contributed by atoms with E-state index in [0.717, 1.165) is 23.7 Å². The maximum absolute atomic E-state index is 12.9. The van der Waals surface area contributed by atoms with Gasteiger partial charge in [-0.2, -0.15) is 0 Å². The molecule has 2 rings (SSSR count). The van der Waals surface area contributed by atoms with Crippen molar-refractivity contribution in [3.8, 4) is 11.3 Å². The predicted octanol–water partition coefficient (Wildman–Crippen LogP) is 3.60. The van der Waals surface area contributed by atoms with E-state index in [1.807, 2.05) is 19.1 Å². The quantitative estimate of drug-likeness (QED) is 0.839. The van der Waals surface area contributed by atoms with Crippen molar-refractivity contribution in [3.05, 3.63) is 48.0 Å². The number of furan rings is 1. The molecule has 0 saturated carbocycles. The molecule has 1 atom stereocenters. The summed E-state index contributed by atoms with van der Waals surface area (Å²) in [5.74, 6) is 1.36. The lowest BCUT2D eigenvalue weighted by atomic mass is 10.2. The van der Waals surface area contributed by atoms with Crippen LogP contribution in [0.3, 0.4) is 0 Å². The largest absolute Gasteiger partial charge is 0.460 e. The summed E-state index contributed by atoms with van der Waals surface area (Å²) in [6.45, 7) is 6.10. The zero-order valence-corrected chi connectivity index (χ0v) is 11.9. The molecule has 0 radical (unpaired) electrons. The Bertz CT molecular complexity index is 522. The second-order valence-corrected chi connectivity index (χ2v) is 4.71. The molecule has 0 spiro atoms. The first kappa shape index (κ1) is 14.8. The van der Waals surface area contributed by atoms with Crippen LogP contribution in [0.2, 0.25) is 0 Å². The average Bonchev–Trinajstić information content (AvgIpc) is 2.92. The van der Waals surface area contributed by atoms with E-state index in [4.69, 9.17) is 9.15 Å². The van der Waals surface area contributed by atoms with Crippen LogP contribution in [0.25, 0.3) is 11.3 Å². The van der Waals surface area contributed by atoms with Crippen LogP contribution < -0.4 is 5.32 Å². The van der Waals surface area contributed by atoms with E-state index >= 15 is 0 Å². The molecule has 0 aliphatic carbocycles. The Morgan fingerprint density at radius 1 is 1.20 bits per heavy atom. The van der Waals surface area contributed by atoms with E-state index in [-0.39, 0.29) is 11.9 Å². The van der Waals surface area contributed by atoms with Crippen molar-refractivity contribution in [2.75, 3.05) is 13.2 Å². The molecular formula is C16H20FNO2. The summed E-state index contributed by atoms with van der Waals surface area (Å²) in [5, 5.41) is 3.33. The van der Waals surface area contributed by atoms with E-state index in [0.29, 0.717) is 13.2 Å². The number of rotatable bonds is 7.